The van der Waals surface area contributed by atoms with E-state index in [0.717, 1.165) is 6.20 Å². The number of nitrogens with two attached hydrogens (primary N) is 1. The largest absolute Gasteiger partial charge is 0.366 e. The highest BCUT2D eigenvalue weighted by Crippen LogP contribution is 2.26. The van der Waals surface area contributed by atoms with Crippen molar-refractivity contribution in [3.05, 3.63) is 71.8 Å². The molecule has 8 nitrogen and oxygen atoms in total. The monoisotopic (exact) mass is 380 g/mol. The van der Waals surface area contributed by atoms with E-state index >= 15 is 0 Å². The van der Waals surface area contributed by atoms with Gasteiger partial charge in [0, 0.05) is 19.3 Å². The fraction of sp³-hybridized carbons (Fsp3) is 0.0526. The Morgan fingerprint density at radius 2 is 1.68 bits per heavy atom. The highest BCUT2D eigenvalue weighted by atomic mass is 19.1. The lowest BCUT2D eigenvalue weighted by molar-refractivity contribution is 0.0962. The van der Waals surface area contributed by atoms with E-state index in [4.69, 9.17) is 5.73 Å². The molecule has 0 aliphatic carbocycles. The van der Waals surface area contributed by atoms with Crippen molar-refractivity contribution in [2.45, 2.75) is 0 Å². The number of carbonyl (C=O) groups is 2. The normalized spacial score (nSPS) is 10.2. The molecule has 0 atom stereocenters. The number of nitrogens with zero attached hydrogens (tertiary/aromatic N) is 2. The van der Waals surface area contributed by atoms with E-state index in [1.165, 1.54) is 25.4 Å². The van der Waals surface area contributed by atoms with Gasteiger partial charge in [0.15, 0.2) is 0 Å². The first-order valence-electron chi connectivity index (χ1n) is 8.24. The van der Waals surface area contributed by atoms with Crippen LogP contribution in [0, 0.1) is 5.82 Å². The summed E-state index contributed by atoms with van der Waals surface area (Å²) in [5, 5.41) is 8.51. The maximum atomic E-state index is 13.0. The summed E-state index contributed by atoms with van der Waals surface area (Å²) in [6, 6.07) is 11.0. The van der Waals surface area contributed by atoms with Gasteiger partial charge in [-0.3, -0.25) is 9.59 Å². The van der Waals surface area contributed by atoms with Crippen molar-refractivity contribution < 1.29 is 14.0 Å². The lowest BCUT2D eigenvalue weighted by Gasteiger charge is -2.15. The van der Waals surface area contributed by atoms with Gasteiger partial charge < -0.3 is 21.7 Å². The van der Waals surface area contributed by atoms with E-state index in [-0.39, 0.29) is 17.0 Å². The standard InChI is InChI=1S/C19H17FN6O2/c1-22-19(28)13-10-24-17(26-16-7-6-11(20)9-23-16)8-15(13)25-14-5-3-2-4-12(14)18(21)27/h2-10H,1H3,(H2,21,27)(H,22,28)(H2,23,24,25,26). The number of aromatic nitrogens is 2. The first-order valence-corrected chi connectivity index (χ1v) is 8.24. The predicted molar refractivity (Wildman–Crippen MR) is 103 cm³/mol. The summed E-state index contributed by atoms with van der Waals surface area (Å²) in [4.78, 5) is 32.0. The van der Waals surface area contributed by atoms with E-state index in [1.807, 2.05) is 0 Å². The lowest BCUT2D eigenvalue weighted by atomic mass is 10.1. The topological polar surface area (TPSA) is 122 Å². The Labute approximate surface area is 160 Å². The number of primary amides is 1. The summed E-state index contributed by atoms with van der Waals surface area (Å²) < 4.78 is 13.0. The van der Waals surface area contributed by atoms with Gasteiger partial charge in [0.2, 0.25) is 0 Å². The number of pyridine rings is 2. The second-order valence-electron chi connectivity index (χ2n) is 5.72. The van der Waals surface area contributed by atoms with Gasteiger partial charge >= 0.3 is 0 Å². The molecule has 142 valence electrons. The zero-order chi connectivity index (χ0) is 20.1. The first-order chi connectivity index (χ1) is 13.5. The molecule has 0 aliphatic rings. The predicted octanol–water partition coefficient (Wildman–Crippen LogP) is 2.56. The van der Waals surface area contributed by atoms with Crippen molar-refractivity contribution in [3.8, 4) is 0 Å². The Kier molecular flexibility index (Phi) is 5.45. The minimum atomic E-state index is -0.604. The maximum Gasteiger partial charge on any atom is 0.254 e. The molecule has 3 rings (SSSR count). The number of anilines is 4. The molecule has 0 bridgehead atoms. The molecule has 0 radical (unpaired) electrons. The molecule has 0 saturated carbocycles. The smallest absolute Gasteiger partial charge is 0.254 e. The molecule has 2 aromatic heterocycles. The van der Waals surface area contributed by atoms with Gasteiger partial charge in [0.05, 0.1) is 28.7 Å². The Hall–Kier alpha value is -4.01. The Morgan fingerprint density at radius 1 is 0.929 bits per heavy atom. The van der Waals surface area contributed by atoms with E-state index < -0.39 is 11.7 Å². The van der Waals surface area contributed by atoms with Crippen LogP contribution in [0.15, 0.2) is 54.9 Å². The summed E-state index contributed by atoms with van der Waals surface area (Å²) in [5.74, 6) is -0.680. The van der Waals surface area contributed by atoms with Gasteiger partial charge in [-0.1, -0.05) is 12.1 Å². The van der Waals surface area contributed by atoms with Crippen LogP contribution in [0.2, 0.25) is 0 Å². The summed E-state index contributed by atoms with van der Waals surface area (Å²) in [6.07, 6.45) is 2.45. The SMILES string of the molecule is CNC(=O)c1cnc(Nc2ccc(F)cn2)cc1Nc1ccccc1C(N)=O. The van der Waals surface area contributed by atoms with E-state index in [9.17, 15) is 14.0 Å². The van der Waals surface area contributed by atoms with Crippen LogP contribution in [-0.2, 0) is 0 Å². The van der Waals surface area contributed by atoms with E-state index in [0.29, 0.717) is 23.0 Å². The van der Waals surface area contributed by atoms with Crippen LogP contribution in [0.25, 0.3) is 0 Å². The molecule has 0 unspecified atom stereocenters. The van der Waals surface area contributed by atoms with Crippen LogP contribution >= 0.6 is 0 Å². The van der Waals surface area contributed by atoms with Crippen molar-refractivity contribution in [1.82, 2.24) is 15.3 Å². The number of hydrogen-bond acceptors (Lipinski definition) is 6. The number of halogens is 1. The molecule has 0 aliphatic heterocycles. The van der Waals surface area contributed by atoms with Crippen molar-refractivity contribution in [2.24, 2.45) is 5.73 Å². The number of rotatable bonds is 6. The van der Waals surface area contributed by atoms with E-state index in [2.05, 4.69) is 25.9 Å². The zero-order valence-electron chi connectivity index (χ0n) is 14.9. The van der Waals surface area contributed by atoms with Gasteiger partial charge in [-0.15, -0.1) is 0 Å². The van der Waals surface area contributed by atoms with Crippen LogP contribution in [0.1, 0.15) is 20.7 Å². The number of para-hydroxylation sites is 1. The molecular weight excluding hydrogens is 363 g/mol. The van der Waals surface area contributed by atoms with Crippen molar-refractivity contribution in [3.63, 3.8) is 0 Å². The molecule has 2 amide bonds. The van der Waals surface area contributed by atoms with Crippen molar-refractivity contribution in [1.29, 1.82) is 0 Å². The van der Waals surface area contributed by atoms with Crippen LogP contribution in [-0.4, -0.2) is 28.8 Å². The number of benzene rings is 1. The van der Waals surface area contributed by atoms with Gasteiger partial charge in [0.25, 0.3) is 11.8 Å². The van der Waals surface area contributed by atoms with Crippen LogP contribution in [0.5, 0.6) is 0 Å². The fourth-order valence-electron chi connectivity index (χ4n) is 2.48. The third kappa shape index (κ3) is 4.21. The highest BCUT2D eigenvalue weighted by molar-refractivity contribution is 6.03. The summed E-state index contributed by atoms with van der Waals surface area (Å²) >= 11 is 0. The quantitative estimate of drug-likeness (QED) is 0.521. The van der Waals surface area contributed by atoms with Crippen LogP contribution in [0.3, 0.4) is 0 Å². The lowest BCUT2D eigenvalue weighted by Crippen LogP contribution is -2.20. The highest BCUT2D eigenvalue weighted by Gasteiger charge is 2.15. The van der Waals surface area contributed by atoms with Gasteiger partial charge in [-0.25, -0.2) is 14.4 Å². The Balaban J connectivity index is 1.98. The third-order valence-electron chi connectivity index (χ3n) is 3.82. The molecule has 3 aromatic rings. The molecule has 0 saturated heterocycles. The summed E-state index contributed by atoms with van der Waals surface area (Å²) in [5.41, 5.74) is 6.79. The number of carbonyl (C=O) groups excluding carboxylic acids is 2. The Morgan fingerprint density at radius 3 is 2.36 bits per heavy atom. The average molecular weight is 380 g/mol. The molecular formula is C19H17FN6O2. The average Bonchev–Trinajstić information content (AvgIpc) is 2.69. The van der Waals surface area contributed by atoms with Crippen LogP contribution in [0.4, 0.5) is 27.4 Å². The summed E-state index contributed by atoms with van der Waals surface area (Å²) in [7, 11) is 1.50. The van der Waals surface area contributed by atoms with Crippen molar-refractivity contribution in [2.75, 3.05) is 17.7 Å². The van der Waals surface area contributed by atoms with Crippen molar-refractivity contribution >= 4 is 34.8 Å². The van der Waals surface area contributed by atoms with Gasteiger partial charge in [-0.2, -0.15) is 0 Å². The number of amides is 2. The van der Waals surface area contributed by atoms with Gasteiger partial charge in [-0.05, 0) is 24.3 Å². The molecule has 1 aromatic carbocycles. The van der Waals surface area contributed by atoms with Crippen LogP contribution < -0.4 is 21.7 Å². The molecule has 28 heavy (non-hydrogen) atoms. The number of hydrogen-bond donors (Lipinski definition) is 4. The minimum Gasteiger partial charge on any atom is -0.366 e. The zero-order valence-corrected chi connectivity index (χ0v) is 14.9. The summed E-state index contributed by atoms with van der Waals surface area (Å²) in [6.45, 7) is 0. The second-order valence-corrected chi connectivity index (χ2v) is 5.72. The minimum absolute atomic E-state index is 0.263. The third-order valence-corrected chi connectivity index (χ3v) is 3.82. The maximum absolute atomic E-state index is 13.0. The molecule has 2 heterocycles. The molecule has 9 heteroatoms. The second kappa shape index (κ2) is 8.12. The Bertz CT molecular complexity index is 1020. The van der Waals surface area contributed by atoms with Gasteiger partial charge in [0.1, 0.15) is 17.5 Å². The van der Waals surface area contributed by atoms with E-state index in [1.54, 1.807) is 30.3 Å². The fourth-order valence-corrected chi connectivity index (χ4v) is 2.48. The molecule has 0 spiro atoms. The molecule has 0 fully saturated rings. The first kappa shape index (κ1) is 18.8. The molecule has 5 N–H and O–H groups in total. The number of nitrogens with one attached hydrogen (secondary N) is 3.